The Bertz CT molecular complexity index is 435. The van der Waals surface area contributed by atoms with E-state index in [0.717, 1.165) is 29.6 Å². The molecule has 2 aliphatic rings. The topological polar surface area (TPSA) is 0 Å². The minimum atomic E-state index is 0.465. The van der Waals surface area contributed by atoms with Gasteiger partial charge in [-0.2, -0.15) is 0 Å². The summed E-state index contributed by atoms with van der Waals surface area (Å²) in [6, 6.07) is 0. The molecule has 0 heteroatoms. The largest absolute Gasteiger partial charge is 0.0654 e. The van der Waals surface area contributed by atoms with E-state index < -0.39 is 0 Å². The fourth-order valence-electron chi connectivity index (χ4n) is 8.94. The van der Waals surface area contributed by atoms with Crippen molar-refractivity contribution in [3.63, 3.8) is 0 Å². The third kappa shape index (κ3) is 2.93. The average Bonchev–Trinajstić information content (AvgIpc) is 2.55. The van der Waals surface area contributed by atoms with E-state index in [9.17, 15) is 0 Å². The molecule has 2 fully saturated rings. The summed E-state index contributed by atoms with van der Waals surface area (Å²) in [7, 11) is 0. The highest BCUT2D eigenvalue weighted by Gasteiger charge is 2.67. The lowest BCUT2D eigenvalue weighted by molar-refractivity contribution is -0.241. The van der Waals surface area contributed by atoms with Gasteiger partial charge in [-0.1, -0.05) is 101 Å². The van der Waals surface area contributed by atoms with Gasteiger partial charge in [-0.3, -0.25) is 0 Å². The summed E-state index contributed by atoms with van der Waals surface area (Å²) < 4.78 is 0. The van der Waals surface area contributed by atoms with Crippen molar-refractivity contribution in [1.82, 2.24) is 0 Å². The van der Waals surface area contributed by atoms with E-state index in [-0.39, 0.29) is 0 Å². The monoisotopic (exact) mass is 348 g/mol. The Morgan fingerprint density at radius 3 is 2.12 bits per heavy atom. The number of hydrogen-bond acceptors (Lipinski definition) is 0. The lowest BCUT2D eigenvalue weighted by Crippen LogP contribution is -2.66. The highest BCUT2D eigenvalue weighted by molar-refractivity contribution is 5.15. The van der Waals surface area contributed by atoms with Crippen LogP contribution in [0.3, 0.4) is 0 Å². The summed E-state index contributed by atoms with van der Waals surface area (Å²) >= 11 is 0. The fourth-order valence-corrected chi connectivity index (χ4v) is 8.94. The summed E-state index contributed by atoms with van der Waals surface area (Å²) in [6.45, 7) is 23.3. The third-order valence-corrected chi connectivity index (χ3v) is 9.77. The molecule has 6 unspecified atom stereocenters. The molecule has 0 amide bonds. The van der Waals surface area contributed by atoms with Crippen molar-refractivity contribution in [2.24, 2.45) is 45.8 Å². The third-order valence-electron chi connectivity index (χ3n) is 9.77. The molecule has 7 atom stereocenters. The Hall–Kier alpha value is 0. The Balaban J connectivity index is 2.68. The van der Waals surface area contributed by atoms with Gasteiger partial charge in [0, 0.05) is 0 Å². The van der Waals surface area contributed by atoms with E-state index in [0.29, 0.717) is 16.2 Å². The maximum absolute atomic E-state index is 2.76. The molecule has 0 bridgehead atoms. The van der Waals surface area contributed by atoms with Crippen molar-refractivity contribution >= 4 is 0 Å². The van der Waals surface area contributed by atoms with Gasteiger partial charge in [0.05, 0.1) is 0 Å². The molecule has 25 heavy (non-hydrogen) atoms. The van der Waals surface area contributed by atoms with Crippen LogP contribution in [0.25, 0.3) is 0 Å². The zero-order chi connectivity index (χ0) is 19.0. The summed E-state index contributed by atoms with van der Waals surface area (Å²) in [4.78, 5) is 0. The Labute approximate surface area is 159 Å². The van der Waals surface area contributed by atoms with Crippen LogP contribution in [0.5, 0.6) is 0 Å². The second-order valence-electron chi connectivity index (χ2n) is 10.9. The zero-order valence-corrected chi connectivity index (χ0v) is 19.0. The van der Waals surface area contributed by atoms with Gasteiger partial charge in [0.1, 0.15) is 0 Å². The van der Waals surface area contributed by atoms with Crippen molar-refractivity contribution < 1.29 is 0 Å². The molecule has 2 saturated carbocycles. The van der Waals surface area contributed by atoms with Crippen LogP contribution in [-0.4, -0.2) is 0 Å². The Kier molecular flexibility index (Phi) is 6.44. The van der Waals surface area contributed by atoms with Crippen LogP contribution in [0, 0.1) is 45.8 Å². The van der Waals surface area contributed by atoms with Crippen LogP contribution in [0.4, 0.5) is 0 Å². The molecule has 0 N–H and O–H groups in total. The normalized spacial score (nSPS) is 45.5. The minimum Gasteiger partial charge on any atom is -0.0654 e. The lowest BCUT2D eigenvalue weighted by atomic mass is 9.32. The standard InChI is InChI=1S/C25H48/c1-10-14-22(12-3)24(9)17-21(11-2)19(5)20(6)25(24)18(4)15-13-16-23(25,7)8/h18-22H,10-17H2,1-9H3/t18?,19?,20?,21?,22-,24?,25?/m1/s1. The molecule has 0 radical (unpaired) electrons. The van der Waals surface area contributed by atoms with Crippen LogP contribution in [0.1, 0.15) is 114 Å². The smallest absolute Gasteiger partial charge is 0.0136 e. The SMILES string of the molecule is CCC[C@@H](CC)C1(C)CC(CC)C(C)C(C)C12C(C)CCCC2(C)C. The summed E-state index contributed by atoms with van der Waals surface area (Å²) in [5, 5.41) is 0. The first-order valence-corrected chi connectivity index (χ1v) is 11.6. The van der Waals surface area contributed by atoms with Gasteiger partial charge in [-0.25, -0.2) is 0 Å². The van der Waals surface area contributed by atoms with E-state index in [1.807, 2.05) is 0 Å². The highest BCUT2D eigenvalue weighted by Crippen LogP contribution is 2.74. The number of rotatable bonds is 5. The molecule has 0 saturated heterocycles. The van der Waals surface area contributed by atoms with Crippen molar-refractivity contribution in [3.8, 4) is 0 Å². The molecule has 1 spiro atoms. The first-order chi connectivity index (χ1) is 11.6. The van der Waals surface area contributed by atoms with Gasteiger partial charge < -0.3 is 0 Å². The zero-order valence-electron chi connectivity index (χ0n) is 19.0. The van der Waals surface area contributed by atoms with Crippen molar-refractivity contribution in [1.29, 1.82) is 0 Å². The molecule has 0 heterocycles. The molecule has 0 aliphatic heterocycles. The van der Waals surface area contributed by atoms with Crippen LogP contribution in [0.15, 0.2) is 0 Å². The minimum absolute atomic E-state index is 0.465. The quantitative estimate of drug-likeness (QED) is 0.468. The van der Waals surface area contributed by atoms with Gasteiger partial charge >= 0.3 is 0 Å². The van der Waals surface area contributed by atoms with E-state index in [1.165, 1.54) is 51.4 Å². The van der Waals surface area contributed by atoms with Crippen LogP contribution in [0.2, 0.25) is 0 Å². The predicted octanol–water partition coefficient (Wildman–Crippen LogP) is 8.35. The lowest BCUT2D eigenvalue weighted by Gasteiger charge is -2.72. The van der Waals surface area contributed by atoms with Gasteiger partial charge in [-0.15, -0.1) is 0 Å². The molecule has 0 nitrogen and oxygen atoms in total. The molecule has 0 aromatic carbocycles. The van der Waals surface area contributed by atoms with Gasteiger partial charge in [0.25, 0.3) is 0 Å². The molecule has 0 aromatic heterocycles. The molecule has 0 aromatic rings. The summed E-state index contributed by atoms with van der Waals surface area (Å²) in [6.07, 6.45) is 11.3. The van der Waals surface area contributed by atoms with Crippen molar-refractivity contribution in [2.45, 2.75) is 114 Å². The fraction of sp³-hybridized carbons (Fsp3) is 1.00. The Morgan fingerprint density at radius 1 is 1.00 bits per heavy atom. The Morgan fingerprint density at radius 2 is 1.64 bits per heavy atom. The van der Waals surface area contributed by atoms with Crippen LogP contribution < -0.4 is 0 Å². The number of hydrogen-bond donors (Lipinski definition) is 0. The van der Waals surface area contributed by atoms with Gasteiger partial charge in [-0.05, 0) is 58.7 Å². The molecule has 148 valence electrons. The first kappa shape index (κ1) is 21.3. The molecule has 2 aliphatic carbocycles. The maximum Gasteiger partial charge on any atom is -0.0136 e. The van der Waals surface area contributed by atoms with Crippen LogP contribution >= 0.6 is 0 Å². The summed E-state index contributed by atoms with van der Waals surface area (Å²) in [5.74, 6) is 4.38. The van der Waals surface area contributed by atoms with Crippen LogP contribution in [-0.2, 0) is 0 Å². The predicted molar refractivity (Wildman–Crippen MR) is 113 cm³/mol. The first-order valence-electron chi connectivity index (χ1n) is 11.6. The maximum atomic E-state index is 2.76. The van der Waals surface area contributed by atoms with E-state index in [2.05, 4.69) is 62.3 Å². The average molecular weight is 349 g/mol. The van der Waals surface area contributed by atoms with Gasteiger partial charge in [0.15, 0.2) is 0 Å². The van der Waals surface area contributed by atoms with E-state index >= 15 is 0 Å². The van der Waals surface area contributed by atoms with Gasteiger partial charge in [0.2, 0.25) is 0 Å². The van der Waals surface area contributed by atoms with Crippen molar-refractivity contribution in [2.75, 3.05) is 0 Å². The molecular formula is C25H48. The van der Waals surface area contributed by atoms with E-state index in [4.69, 9.17) is 0 Å². The molecular weight excluding hydrogens is 300 g/mol. The highest BCUT2D eigenvalue weighted by atomic mass is 14.7. The second kappa shape index (κ2) is 7.55. The second-order valence-corrected chi connectivity index (χ2v) is 10.9. The van der Waals surface area contributed by atoms with Crippen molar-refractivity contribution in [3.05, 3.63) is 0 Å². The molecule has 2 rings (SSSR count). The van der Waals surface area contributed by atoms with E-state index in [1.54, 1.807) is 0 Å². The summed E-state index contributed by atoms with van der Waals surface area (Å²) in [5.41, 5.74) is 1.46.